The highest BCUT2D eigenvalue weighted by atomic mass is 32.1. The number of urea groups is 1. The number of nitrogens with zero attached hydrogens (tertiary/aromatic N) is 3. The molecule has 2 amide bonds. The summed E-state index contributed by atoms with van der Waals surface area (Å²) < 4.78 is 0. The van der Waals surface area contributed by atoms with Crippen molar-refractivity contribution in [1.29, 1.82) is 0 Å². The highest BCUT2D eigenvalue weighted by Gasteiger charge is 2.43. The number of carbonyl (C=O) groups is 1. The number of aromatic nitrogens is 1. The molecule has 0 aliphatic carbocycles. The topological polar surface area (TPSA) is 36.4 Å². The Bertz CT molecular complexity index is 480. The maximum absolute atomic E-state index is 12.1. The number of fused-ring (bicyclic) bond motifs is 2. The van der Waals surface area contributed by atoms with Crippen molar-refractivity contribution in [2.24, 2.45) is 0 Å². The van der Waals surface area contributed by atoms with Gasteiger partial charge in [-0.1, -0.05) is 0 Å². The third-order valence-electron chi connectivity index (χ3n) is 3.51. The Morgan fingerprint density at radius 2 is 2.41 bits per heavy atom. The molecule has 5 heteroatoms. The summed E-state index contributed by atoms with van der Waals surface area (Å²) in [7, 11) is 0. The zero-order valence-electron chi connectivity index (χ0n) is 10.0. The van der Waals surface area contributed by atoms with Gasteiger partial charge in [0.05, 0.1) is 6.04 Å². The molecule has 3 heterocycles. The highest BCUT2D eigenvalue weighted by Crippen LogP contribution is 2.36. The van der Waals surface area contributed by atoms with E-state index in [9.17, 15) is 4.79 Å². The second-order valence-corrected chi connectivity index (χ2v) is 5.39. The number of hydrogen-bond donors (Lipinski definition) is 0. The van der Waals surface area contributed by atoms with Gasteiger partial charge < -0.3 is 9.80 Å². The summed E-state index contributed by atoms with van der Waals surface area (Å²) in [5.41, 5.74) is 2.55. The van der Waals surface area contributed by atoms with Crippen molar-refractivity contribution in [3.05, 3.63) is 22.2 Å². The van der Waals surface area contributed by atoms with E-state index in [4.69, 9.17) is 0 Å². The van der Waals surface area contributed by atoms with E-state index in [2.05, 4.69) is 11.9 Å². The quantitative estimate of drug-likeness (QED) is 0.804. The fourth-order valence-electron chi connectivity index (χ4n) is 2.77. The number of hydrogen-bond acceptors (Lipinski definition) is 3. The second-order valence-electron chi connectivity index (χ2n) is 4.50. The van der Waals surface area contributed by atoms with Crippen molar-refractivity contribution in [2.45, 2.75) is 19.9 Å². The van der Waals surface area contributed by atoms with Crippen LogP contribution in [-0.4, -0.2) is 46.5 Å². The number of amides is 2. The smallest absolute Gasteiger partial charge is 0.318 e. The Morgan fingerprint density at radius 1 is 1.59 bits per heavy atom. The summed E-state index contributed by atoms with van der Waals surface area (Å²) in [5.74, 6) is 0. The minimum atomic E-state index is 0.170. The monoisotopic (exact) mass is 249 g/mol. The number of thiazole rings is 1. The van der Waals surface area contributed by atoms with Crippen LogP contribution >= 0.6 is 11.3 Å². The van der Waals surface area contributed by atoms with Gasteiger partial charge in [0, 0.05) is 36.8 Å². The Morgan fingerprint density at radius 3 is 3.06 bits per heavy atom. The summed E-state index contributed by atoms with van der Waals surface area (Å²) in [6, 6.07) is 0.371. The van der Waals surface area contributed by atoms with Gasteiger partial charge in [-0.15, -0.1) is 11.3 Å². The van der Waals surface area contributed by atoms with Gasteiger partial charge in [0.2, 0.25) is 0 Å². The molecule has 1 unspecified atom stereocenters. The maximum atomic E-state index is 12.1. The predicted octanol–water partition coefficient (Wildman–Crippen LogP) is 2.06. The summed E-state index contributed by atoms with van der Waals surface area (Å²) >= 11 is 1.66. The number of rotatable bonds is 2. The van der Waals surface area contributed by atoms with Crippen molar-refractivity contribution in [3.8, 4) is 0 Å². The van der Waals surface area contributed by atoms with Gasteiger partial charge in [0.25, 0.3) is 0 Å². The molecule has 90 valence electrons. The first-order chi connectivity index (χ1) is 8.22. The van der Waals surface area contributed by atoms with Crippen molar-refractivity contribution in [1.82, 2.24) is 14.8 Å². The Labute approximate surface area is 105 Å². The van der Waals surface area contributed by atoms with Crippen LogP contribution in [0.25, 0.3) is 5.57 Å². The molecule has 0 N–H and O–H groups in total. The molecule has 2 bridgehead atoms. The average molecular weight is 249 g/mol. The molecule has 0 saturated carbocycles. The molecule has 3 rings (SSSR count). The molecule has 1 saturated heterocycles. The minimum Gasteiger partial charge on any atom is -0.318 e. The normalized spacial score (nSPS) is 23.9. The van der Waals surface area contributed by atoms with Gasteiger partial charge in [0.15, 0.2) is 0 Å². The second kappa shape index (κ2) is 3.84. The molecule has 2 aliphatic heterocycles. The third kappa shape index (κ3) is 1.49. The summed E-state index contributed by atoms with van der Waals surface area (Å²) in [6.45, 7) is 6.48. The fourth-order valence-corrected chi connectivity index (χ4v) is 3.58. The lowest BCUT2D eigenvalue weighted by molar-refractivity contribution is 0.195. The molecular weight excluding hydrogens is 234 g/mol. The predicted molar refractivity (Wildman–Crippen MR) is 67.8 cm³/mol. The van der Waals surface area contributed by atoms with Crippen molar-refractivity contribution >= 4 is 22.9 Å². The Kier molecular flexibility index (Phi) is 2.43. The molecule has 1 aromatic heterocycles. The van der Waals surface area contributed by atoms with E-state index >= 15 is 0 Å². The van der Waals surface area contributed by atoms with Crippen LogP contribution in [0.3, 0.4) is 0 Å². The van der Waals surface area contributed by atoms with Crippen molar-refractivity contribution in [3.63, 3.8) is 0 Å². The van der Waals surface area contributed by atoms with E-state index in [0.29, 0.717) is 0 Å². The van der Waals surface area contributed by atoms with Crippen LogP contribution in [-0.2, 0) is 0 Å². The molecule has 1 fully saturated rings. The highest BCUT2D eigenvalue weighted by molar-refractivity contribution is 7.10. The lowest BCUT2D eigenvalue weighted by Crippen LogP contribution is -2.34. The molecule has 2 aliphatic rings. The van der Waals surface area contributed by atoms with Crippen LogP contribution in [0.5, 0.6) is 0 Å². The van der Waals surface area contributed by atoms with Gasteiger partial charge >= 0.3 is 6.03 Å². The molecule has 1 atom stereocenters. The van der Waals surface area contributed by atoms with E-state index in [0.717, 1.165) is 24.6 Å². The van der Waals surface area contributed by atoms with E-state index < -0.39 is 0 Å². The summed E-state index contributed by atoms with van der Waals surface area (Å²) in [5, 5.41) is 3.06. The Balaban J connectivity index is 2.06. The third-order valence-corrected chi connectivity index (χ3v) is 4.32. The van der Waals surface area contributed by atoms with E-state index in [1.807, 2.05) is 28.3 Å². The van der Waals surface area contributed by atoms with Crippen molar-refractivity contribution < 1.29 is 4.79 Å². The molecule has 17 heavy (non-hydrogen) atoms. The maximum Gasteiger partial charge on any atom is 0.320 e. The SMILES string of the molecule is CCN1C(=O)N2CC(C)=C(c3nccs3)C1C2. The van der Waals surface area contributed by atoms with Gasteiger partial charge in [0.1, 0.15) is 5.01 Å². The lowest BCUT2D eigenvalue weighted by atomic mass is 9.98. The standard InChI is InChI=1S/C12H15N3OS/c1-3-15-9-7-14(12(15)16)6-8(2)10(9)11-13-4-5-17-11/h4-5,9H,3,6-7H2,1-2H3. The summed E-state index contributed by atoms with van der Waals surface area (Å²) in [4.78, 5) is 20.4. The first-order valence-electron chi connectivity index (χ1n) is 5.87. The molecule has 4 nitrogen and oxygen atoms in total. The van der Waals surface area contributed by atoms with Gasteiger partial charge in [-0.05, 0) is 19.4 Å². The number of likely N-dealkylation sites (N-methyl/N-ethyl adjacent to an activating group) is 1. The van der Waals surface area contributed by atoms with Crippen LogP contribution in [0, 0.1) is 0 Å². The average Bonchev–Trinajstić information content (AvgIpc) is 2.89. The Hall–Kier alpha value is -1.36. The molecule has 0 aromatic carbocycles. The molecular formula is C12H15N3OS. The lowest BCUT2D eigenvalue weighted by Gasteiger charge is -2.26. The summed E-state index contributed by atoms with van der Waals surface area (Å²) in [6.07, 6.45) is 1.83. The zero-order valence-corrected chi connectivity index (χ0v) is 10.8. The largest absolute Gasteiger partial charge is 0.320 e. The van der Waals surface area contributed by atoms with E-state index in [-0.39, 0.29) is 12.1 Å². The van der Waals surface area contributed by atoms with Gasteiger partial charge in [-0.3, -0.25) is 0 Å². The zero-order chi connectivity index (χ0) is 12.0. The molecule has 0 spiro atoms. The van der Waals surface area contributed by atoms with E-state index in [1.165, 1.54) is 11.1 Å². The number of carbonyl (C=O) groups excluding carboxylic acids is 1. The minimum absolute atomic E-state index is 0.170. The van der Waals surface area contributed by atoms with Crippen LogP contribution in [0.15, 0.2) is 17.2 Å². The van der Waals surface area contributed by atoms with Crippen LogP contribution in [0.2, 0.25) is 0 Å². The van der Waals surface area contributed by atoms with Crippen LogP contribution < -0.4 is 0 Å². The fraction of sp³-hybridized carbons (Fsp3) is 0.500. The molecule has 1 aromatic rings. The van der Waals surface area contributed by atoms with Crippen LogP contribution in [0.4, 0.5) is 4.79 Å². The van der Waals surface area contributed by atoms with Crippen molar-refractivity contribution in [2.75, 3.05) is 19.6 Å². The van der Waals surface area contributed by atoms with Gasteiger partial charge in [-0.2, -0.15) is 0 Å². The van der Waals surface area contributed by atoms with E-state index in [1.54, 1.807) is 11.3 Å². The van der Waals surface area contributed by atoms with Gasteiger partial charge in [-0.25, -0.2) is 9.78 Å². The molecule has 0 radical (unpaired) electrons. The first-order valence-corrected chi connectivity index (χ1v) is 6.75. The first kappa shape index (κ1) is 10.8. The van der Waals surface area contributed by atoms with Crippen LogP contribution in [0.1, 0.15) is 18.9 Å².